The number of aromatic nitrogens is 2. The summed E-state index contributed by atoms with van der Waals surface area (Å²) in [6.07, 6.45) is 0.677. The molecule has 0 saturated carbocycles. The third-order valence-electron chi connectivity index (χ3n) is 3.03. The maximum absolute atomic E-state index is 6.21. The molecule has 1 heterocycles. The standard InChI is InChI=1S/C14H15Cl2N3O/c1-17-12(11-6-7-13(20-2)19-18-11)8-9-4-3-5-10(15)14(9)16/h3-7,12,17H,8H2,1-2H3. The maximum Gasteiger partial charge on any atom is 0.233 e. The normalized spacial score (nSPS) is 12.2. The molecule has 0 aliphatic heterocycles. The summed E-state index contributed by atoms with van der Waals surface area (Å²) >= 11 is 12.2. The van der Waals surface area contributed by atoms with Gasteiger partial charge in [-0.1, -0.05) is 35.3 Å². The van der Waals surface area contributed by atoms with Crippen LogP contribution in [0.3, 0.4) is 0 Å². The zero-order chi connectivity index (χ0) is 14.5. The van der Waals surface area contributed by atoms with Gasteiger partial charge in [0.2, 0.25) is 5.88 Å². The van der Waals surface area contributed by atoms with Gasteiger partial charge in [-0.2, -0.15) is 5.10 Å². The van der Waals surface area contributed by atoms with Crippen LogP contribution in [0.1, 0.15) is 17.3 Å². The minimum Gasteiger partial charge on any atom is -0.480 e. The molecular formula is C14H15Cl2N3O. The van der Waals surface area contributed by atoms with Crippen LogP contribution in [0, 0.1) is 0 Å². The van der Waals surface area contributed by atoms with E-state index in [-0.39, 0.29) is 6.04 Å². The predicted octanol–water partition coefficient (Wildman–Crippen LogP) is 3.30. The molecule has 0 radical (unpaired) electrons. The molecule has 0 amide bonds. The SMILES string of the molecule is CNC(Cc1cccc(Cl)c1Cl)c1ccc(OC)nn1. The highest BCUT2D eigenvalue weighted by Gasteiger charge is 2.15. The number of rotatable bonds is 5. The van der Waals surface area contributed by atoms with Gasteiger partial charge in [-0.05, 0) is 31.2 Å². The van der Waals surface area contributed by atoms with Crippen LogP contribution >= 0.6 is 23.2 Å². The Bertz CT molecular complexity index is 575. The Kier molecular flexibility index (Phi) is 5.17. The molecule has 0 spiro atoms. The molecule has 1 atom stereocenters. The zero-order valence-corrected chi connectivity index (χ0v) is 12.7. The van der Waals surface area contributed by atoms with Crippen molar-refractivity contribution in [3.05, 3.63) is 51.6 Å². The van der Waals surface area contributed by atoms with Gasteiger partial charge in [0.1, 0.15) is 0 Å². The Morgan fingerprint density at radius 2 is 2.00 bits per heavy atom. The lowest BCUT2D eigenvalue weighted by Gasteiger charge is -2.16. The van der Waals surface area contributed by atoms with E-state index in [1.807, 2.05) is 25.2 Å². The van der Waals surface area contributed by atoms with Crippen molar-refractivity contribution in [3.63, 3.8) is 0 Å². The van der Waals surface area contributed by atoms with Gasteiger partial charge >= 0.3 is 0 Å². The van der Waals surface area contributed by atoms with E-state index >= 15 is 0 Å². The van der Waals surface area contributed by atoms with Crippen molar-refractivity contribution in [1.29, 1.82) is 0 Å². The summed E-state index contributed by atoms with van der Waals surface area (Å²) < 4.78 is 5.00. The zero-order valence-electron chi connectivity index (χ0n) is 11.2. The molecule has 0 aliphatic carbocycles. The van der Waals surface area contributed by atoms with Crippen LogP contribution in [0.4, 0.5) is 0 Å². The van der Waals surface area contributed by atoms with Crippen molar-refractivity contribution < 1.29 is 4.74 Å². The number of methoxy groups -OCH3 is 1. The van der Waals surface area contributed by atoms with Gasteiger partial charge in [0, 0.05) is 6.07 Å². The second-order valence-corrected chi connectivity index (χ2v) is 5.04. The fourth-order valence-electron chi connectivity index (χ4n) is 1.91. The number of likely N-dealkylation sites (N-methyl/N-ethyl adjacent to an activating group) is 1. The van der Waals surface area contributed by atoms with Crippen molar-refractivity contribution >= 4 is 23.2 Å². The van der Waals surface area contributed by atoms with Crippen molar-refractivity contribution in [3.8, 4) is 5.88 Å². The molecule has 106 valence electrons. The third kappa shape index (κ3) is 3.39. The van der Waals surface area contributed by atoms with E-state index in [1.54, 1.807) is 19.2 Å². The van der Waals surface area contributed by atoms with Gasteiger partial charge in [-0.15, -0.1) is 5.10 Å². The number of ether oxygens (including phenoxy) is 1. The Balaban J connectivity index is 2.21. The molecule has 0 saturated heterocycles. The minimum absolute atomic E-state index is 0.00405. The predicted molar refractivity (Wildman–Crippen MR) is 80.6 cm³/mol. The first-order chi connectivity index (χ1) is 9.65. The number of hydrogen-bond acceptors (Lipinski definition) is 4. The first-order valence-electron chi connectivity index (χ1n) is 6.13. The van der Waals surface area contributed by atoms with Gasteiger partial charge in [0.15, 0.2) is 0 Å². The largest absolute Gasteiger partial charge is 0.480 e. The highest BCUT2D eigenvalue weighted by atomic mass is 35.5. The van der Waals surface area contributed by atoms with Crippen LogP contribution in [0.5, 0.6) is 5.88 Å². The van der Waals surface area contributed by atoms with E-state index in [2.05, 4.69) is 15.5 Å². The summed E-state index contributed by atoms with van der Waals surface area (Å²) in [5.41, 5.74) is 1.79. The molecule has 4 nitrogen and oxygen atoms in total. The highest BCUT2D eigenvalue weighted by molar-refractivity contribution is 6.42. The van der Waals surface area contributed by atoms with Crippen molar-refractivity contribution in [2.45, 2.75) is 12.5 Å². The second kappa shape index (κ2) is 6.88. The first-order valence-corrected chi connectivity index (χ1v) is 6.89. The smallest absolute Gasteiger partial charge is 0.233 e. The molecule has 1 N–H and O–H groups in total. The molecule has 2 rings (SSSR count). The first kappa shape index (κ1) is 15.0. The average Bonchev–Trinajstić information content (AvgIpc) is 2.49. The lowest BCUT2D eigenvalue weighted by Crippen LogP contribution is -2.20. The number of nitrogens with one attached hydrogen (secondary N) is 1. The molecule has 6 heteroatoms. The van der Waals surface area contributed by atoms with Crippen molar-refractivity contribution in [2.24, 2.45) is 0 Å². The van der Waals surface area contributed by atoms with Gasteiger partial charge < -0.3 is 10.1 Å². The summed E-state index contributed by atoms with van der Waals surface area (Å²) in [5, 5.41) is 12.5. The molecule has 2 aromatic rings. The van der Waals surface area contributed by atoms with E-state index in [0.29, 0.717) is 22.3 Å². The number of hydrogen-bond donors (Lipinski definition) is 1. The Labute approximate surface area is 128 Å². The summed E-state index contributed by atoms with van der Waals surface area (Å²) in [6, 6.07) is 9.28. The van der Waals surface area contributed by atoms with Gasteiger partial charge in [-0.3, -0.25) is 0 Å². The summed E-state index contributed by atoms with van der Waals surface area (Å²) in [4.78, 5) is 0. The van der Waals surface area contributed by atoms with Crippen LogP contribution in [0.25, 0.3) is 0 Å². The van der Waals surface area contributed by atoms with Gasteiger partial charge in [-0.25, -0.2) is 0 Å². The van der Waals surface area contributed by atoms with E-state index in [9.17, 15) is 0 Å². The van der Waals surface area contributed by atoms with Crippen molar-refractivity contribution in [2.75, 3.05) is 14.2 Å². The molecule has 20 heavy (non-hydrogen) atoms. The van der Waals surface area contributed by atoms with E-state index in [4.69, 9.17) is 27.9 Å². The summed E-state index contributed by atoms with van der Waals surface area (Å²) in [6.45, 7) is 0. The average molecular weight is 312 g/mol. The van der Waals surface area contributed by atoms with Gasteiger partial charge in [0.25, 0.3) is 0 Å². The second-order valence-electron chi connectivity index (χ2n) is 4.26. The lowest BCUT2D eigenvalue weighted by molar-refractivity contribution is 0.389. The Morgan fingerprint density at radius 1 is 1.20 bits per heavy atom. The highest BCUT2D eigenvalue weighted by Crippen LogP contribution is 2.28. The molecule has 0 aliphatic rings. The van der Waals surface area contributed by atoms with Crippen molar-refractivity contribution in [1.82, 2.24) is 15.5 Å². The number of halogens is 2. The van der Waals surface area contributed by atoms with E-state index in [1.165, 1.54) is 0 Å². The fourth-order valence-corrected chi connectivity index (χ4v) is 2.30. The van der Waals surface area contributed by atoms with E-state index < -0.39 is 0 Å². The summed E-state index contributed by atoms with van der Waals surface area (Å²) in [5.74, 6) is 0.490. The van der Waals surface area contributed by atoms with Crippen LogP contribution < -0.4 is 10.1 Å². The Morgan fingerprint density at radius 3 is 2.60 bits per heavy atom. The minimum atomic E-state index is 0.00405. The van der Waals surface area contributed by atoms with E-state index in [0.717, 1.165) is 11.3 Å². The molecular weight excluding hydrogens is 297 g/mol. The quantitative estimate of drug-likeness (QED) is 0.920. The van der Waals surface area contributed by atoms with Crippen LogP contribution in [0.15, 0.2) is 30.3 Å². The molecule has 1 aromatic carbocycles. The Hall–Kier alpha value is -1.36. The molecule has 1 unspecified atom stereocenters. The lowest BCUT2D eigenvalue weighted by atomic mass is 10.0. The molecule has 0 bridgehead atoms. The monoisotopic (exact) mass is 311 g/mol. The fraction of sp³-hybridized carbons (Fsp3) is 0.286. The van der Waals surface area contributed by atoms with Crippen LogP contribution in [-0.4, -0.2) is 24.4 Å². The summed E-state index contributed by atoms with van der Waals surface area (Å²) in [7, 11) is 3.43. The van der Waals surface area contributed by atoms with Crippen LogP contribution in [-0.2, 0) is 6.42 Å². The van der Waals surface area contributed by atoms with Gasteiger partial charge in [0.05, 0.1) is 28.9 Å². The number of nitrogens with zero attached hydrogens (tertiary/aromatic N) is 2. The van der Waals surface area contributed by atoms with Crippen LogP contribution in [0.2, 0.25) is 10.0 Å². The maximum atomic E-state index is 6.21. The topological polar surface area (TPSA) is 47.0 Å². The molecule has 0 fully saturated rings. The number of benzene rings is 1. The molecule has 1 aromatic heterocycles. The third-order valence-corrected chi connectivity index (χ3v) is 3.89.